The normalized spacial score (nSPS) is 24.2. The van der Waals surface area contributed by atoms with Crippen molar-refractivity contribution in [3.8, 4) is 0 Å². The number of piperidine rings is 1. The third-order valence-corrected chi connectivity index (χ3v) is 4.72. The van der Waals surface area contributed by atoms with Crippen LogP contribution in [0.3, 0.4) is 0 Å². The first-order valence-corrected chi connectivity index (χ1v) is 8.53. The summed E-state index contributed by atoms with van der Waals surface area (Å²) in [5.41, 5.74) is 0. The summed E-state index contributed by atoms with van der Waals surface area (Å²) in [5, 5.41) is 3.88. The molecule has 6 nitrogen and oxygen atoms in total. The minimum atomic E-state index is 0.270. The molecule has 0 spiro atoms. The van der Waals surface area contributed by atoms with Crippen molar-refractivity contribution in [2.75, 3.05) is 32.7 Å². The van der Waals surface area contributed by atoms with Gasteiger partial charge in [-0.3, -0.25) is 9.69 Å². The van der Waals surface area contributed by atoms with Gasteiger partial charge in [-0.05, 0) is 39.2 Å². The lowest BCUT2D eigenvalue weighted by Crippen LogP contribution is -2.44. The van der Waals surface area contributed by atoms with E-state index in [0.717, 1.165) is 57.8 Å². The average Bonchev–Trinajstić information content (AvgIpc) is 2.78. The van der Waals surface area contributed by atoms with Gasteiger partial charge in [0.15, 0.2) is 5.82 Å². The monoisotopic (exact) mass is 306 g/mol. The van der Waals surface area contributed by atoms with E-state index in [1.807, 2.05) is 11.8 Å². The summed E-state index contributed by atoms with van der Waals surface area (Å²) in [5.74, 6) is 1.97. The van der Waals surface area contributed by atoms with Crippen molar-refractivity contribution >= 4 is 5.91 Å². The van der Waals surface area contributed by atoms with Gasteiger partial charge in [0, 0.05) is 19.6 Å². The molecular formula is C16H26N4O2. The predicted octanol–water partition coefficient (Wildman–Crippen LogP) is 1.96. The molecule has 2 aliphatic rings. The Kier molecular flexibility index (Phi) is 5.08. The van der Waals surface area contributed by atoms with Gasteiger partial charge in [-0.15, -0.1) is 0 Å². The smallest absolute Gasteiger partial charge is 0.236 e. The molecule has 0 bridgehead atoms. The van der Waals surface area contributed by atoms with Crippen LogP contribution in [0.1, 0.15) is 56.2 Å². The molecule has 2 fully saturated rings. The molecule has 3 rings (SSSR count). The first-order chi connectivity index (χ1) is 10.7. The first-order valence-electron chi connectivity index (χ1n) is 8.53. The molecule has 122 valence electrons. The molecule has 22 heavy (non-hydrogen) atoms. The van der Waals surface area contributed by atoms with Gasteiger partial charge in [0.2, 0.25) is 11.8 Å². The van der Waals surface area contributed by atoms with E-state index in [2.05, 4.69) is 15.0 Å². The predicted molar refractivity (Wildman–Crippen MR) is 82.5 cm³/mol. The van der Waals surface area contributed by atoms with Crippen molar-refractivity contribution in [1.82, 2.24) is 19.9 Å². The van der Waals surface area contributed by atoms with Crippen molar-refractivity contribution in [1.29, 1.82) is 0 Å². The maximum atomic E-state index is 12.5. The fraction of sp³-hybridized carbons (Fsp3) is 0.812. The van der Waals surface area contributed by atoms with Crippen molar-refractivity contribution < 1.29 is 9.32 Å². The lowest BCUT2D eigenvalue weighted by molar-refractivity contribution is -0.132. The van der Waals surface area contributed by atoms with Gasteiger partial charge in [-0.25, -0.2) is 0 Å². The van der Waals surface area contributed by atoms with Crippen molar-refractivity contribution in [3.05, 3.63) is 11.7 Å². The number of carbonyl (C=O) groups excluding carboxylic acids is 1. The van der Waals surface area contributed by atoms with Crippen LogP contribution in [0, 0.1) is 6.92 Å². The number of amides is 1. The summed E-state index contributed by atoms with van der Waals surface area (Å²) < 4.78 is 5.31. The van der Waals surface area contributed by atoms with Gasteiger partial charge in [0.25, 0.3) is 0 Å². The Morgan fingerprint density at radius 1 is 1.18 bits per heavy atom. The molecule has 2 aliphatic heterocycles. The van der Waals surface area contributed by atoms with Gasteiger partial charge >= 0.3 is 0 Å². The van der Waals surface area contributed by atoms with Gasteiger partial charge < -0.3 is 9.42 Å². The first kappa shape index (κ1) is 15.5. The number of aryl methyl sites for hydroxylation is 1. The van der Waals surface area contributed by atoms with Gasteiger partial charge in [0.05, 0.1) is 12.5 Å². The van der Waals surface area contributed by atoms with E-state index in [4.69, 9.17) is 4.52 Å². The number of aromatic nitrogens is 2. The molecule has 2 saturated heterocycles. The Hall–Kier alpha value is -1.43. The minimum Gasteiger partial charge on any atom is -0.342 e. The van der Waals surface area contributed by atoms with E-state index in [-0.39, 0.29) is 11.8 Å². The highest BCUT2D eigenvalue weighted by Crippen LogP contribution is 2.25. The number of hydrogen-bond donors (Lipinski definition) is 0. The second-order valence-corrected chi connectivity index (χ2v) is 6.55. The zero-order valence-electron chi connectivity index (χ0n) is 13.5. The largest absolute Gasteiger partial charge is 0.342 e. The van der Waals surface area contributed by atoms with E-state index in [0.29, 0.717) is 12.4 Å². The second-order valence-electron chi connectivity index (χ2n) is 6.55. The molecule has 1 amide bonds. The Bertz CT molecular complexity index is 494. The Balaban J connectivity index is 1.54. The van der Waals surface area contributed by atoms with Crippen molar-refractivity contribution in [2.24, 2.45) is 0 Å². The number of likely N-dealkylation sites (tertiary alicyclic amines) is 2. The Morgan fingerprint density at radius 2 is 1.95 bits per heavy atom. The van der Waals surface area contributed by atoms with Gasteiger partial charge in [0.1, 0.15) is 0 Å². The minimum absolute atomic E-state index is 0.270. The molecule has 1 aromatic rings. The number of nitrogens with zero attached hydrogens (tertiary/aromatic N) is 4. The quantitative estimate of drug-likeness (QED) is 0.854. The van der Waals surface area contributed by atoms with Crippen LogP contribution in [-0.4, -0.2) is 58.6 Å². The highest BCUT2D eigenvalue weighted by atomic mass is 16.5. The molecule has 0 N–H and O–H groups in total. The summed E-state index contributed by atoms with van der Waals surface area (Å²) in [6.45, 7) is 6.07. The summed E-state index contributed by atoms with van der Waals surface area (Å²) in [6.07, 6.45) is 6.96. The van der Waals surface area contributed by atoms with Crippen LogP contribution in [-0.2, 0) is 4.79 Å². The van der Waals surface area contributed by atoms with E-state index >= 15 is 0 Å². The van der Waals surface area contributed by atoms with Crippen LogP contribution in [0.15, 0.2) is 4.52 Å². The maximum Gasteiger partial charge on any atom is 0.236 e. The molecule has 3 heterocycles. The summed E-state index contributed by atoms with van der Waals surface area (Å²) in [4.78, 5) is 21.1. The van der Waals surface area contributed by atoms with Gasteiger partial charge in [-0.1, -0.05) is 18.0 Å². The fourth-order valence-corrected chi connectivity index (χ4v) is 3.49. The topological polar surface area (TPSA) is 62.5 Å². The lowest BCUT2D eigenvalue weighted by atomic mass is 9.98. The molecular weight excluding hydrogens is 280 g/mol. The van der Waals surface area contributed by atoms with Crippen LogP contribution in [0.2, 0.25) is 0 Å². The van der Waals surface area contributed by atoms with Crippen LogP contribution < -0.4 is 0 Å². The Labute approximate surface area is 131 Å². The number of hydrogen-bond acceptors (Lipinski definition) is 5. The fourth-order valence-electron chi connectivity index (χ4n) is 3.49. The molecule has 1 aromatic heterocycles. The second kappa shape index (κ2) is 7.22. The van der Waals surface area contributed by atoms with Crippen LogP contribution in [0.4, 0.5) is 0 Å². The third kappa shape index (κ3) is 3.85. The molecule has 0 radical (unpaired) electrons. The molecule has 0 aliphatic carbocycles. The third-order valence-electron chi connectivity index (χ3n) is 4.72. The SMILES string of the molecule is Cc1noc([C@@H]2CCCN(CC(=O)N3CCCCCC3)C2)n1. The van der Waals surface area contributed by atoms with E-state index < -0.39 is 0 Å². The summed E-state index contributed by atoms with van der Waals surface area (Å²) in [7, 11) is 0. The maximum absolute atomic E-state index is 12.5. The molecule has 0 unspecified atom stereocenters. The molecule has 1 atom stereocenters. The van der Waals surface area contributed by atoms with E-state index in [1.165, 1.54) is 12.8 Å². The molecule has 0 aromatic carbocycles. The van der Waals surface area contributed by atoms with E-state index in [1.54, 1.807) is 0 Å². The summed E-state index contributed by atoms with van der Waals surface area (Å²) >= 11 is 0. The van der Waals surface area contributed by atoms with E-state index in [9.17, 15) is 4.79 Å². The van der Waals surface area contributed by atoms with Crippen LogP contribution in [0.25, 0.3) is 0 Å². The number of rotatable bonds is 3. The zero-order chi connectivity index (χ0) is 15.4. The van der Waals surface area contributed by atoms with Crippen LogP contribution >= 0.6 is 0 Å². The number of carbonyl (C=O) groups is 1. The lowest BCUT2D eigenvalue weighted by Gasteiger charge is -2.32. The molecule has 6 heteroatoms. The highest BCUT2D eigenvalue weighted by Gasteiger charge is 2.27. The zero-order valence-corrected chi connectivity index (χ0v) is 13.5. The highest BCUT2D eigenvalue weighted by molar-refractivity contribution is 5.78. The van der Waals surface area contributed by atoms with Gasteiger partial charge in [-0.2, -0.15) is 4.98 Å². The summed E-state index contributed by atoms with van der Waals surface area (Å²) in [6, 6.07) is 0. The van der Waals surface area contributed by atoms with Crippen molar-refractivity contribution in [2.45, 2.75) is 51.4 Å². The standard InChI is InChI=1S/C16H26N4O2/c1-13-17-16(22-18-13)14-7-6-8-19(11-14)12-15(21)20-9-4-2-3-5-10-20/h14H,2-12H2,1H3/t14-/m1/s1. The van der Waals surface area contributed by atoms with Crippen molar-refractivity contribution in [3.63, 3.8) is 0 Å². The molecule has 0 saturated carbocycles. The average molecular weight is 306 g/mol. The van der Waals surface area contributed by atoms with Crippen LogP contribution in [0.5, 0.6) is 0 Å². The Morgan fingerprint density at radius 3 is 2.64 bits per heavy atom.